The number of allylic oxidation sites excluding steroid dienone is 2. The maximum Gasteiger partial charge on any atom is 0.335 e. The lowest BCUT2D eigenvalue weighted by atomic mass is 9.75. The number of aromatic amines is 1. The fourth-order valence-corrected chi connectivity index (χ4v) is 4.45. The monoisotopic (exact) mass is 401 g/mol. The number of H-pyrrole nitrogens is 1. The van der Waals surface area contributed by atoms with Crippen molar-refractivity contribution in [3.8, 4) is 5.69 Å². The van der Waals surface area contributed by atoms with Crippen molar-refractivity contribution in [1.29, 1.82) is 0 Å². The molecule has 2 aromatic carbocycles. The van der Waals surface area contributed by atoms with Gasteiger partial charge in [0.05, 0.1) is 16.8 Å². The van der Waals surface area contributed by atoms with Gasteiger partial charge in [0.15, 0.2) is 5.78 Å². The lowest BCUT2D eigenvalue weighted by Gasteiger charge is -2.31. The zero-order chi connectivity index (χ0) is 20.8. The Morgan fingerprint density at radius 2 is 1.73 bits per heavy atom. The van der Waals surface area contributed by atoms with Crippen molar-refractivity contribution in [2.45, 2.75) is 25.2 Å². The number of hydrogen-bond donors (Lipinski definition) is 3. The second-order valence-electron chi connectivity index (χ2n) is 7.50. The minimum Gasteiger partial charge on any atom is -0.478 e. The Balaban J connectivity index is 1.79. The Kier molecular flexibility index (Phi) is 4.17. The number of Topliss-reactive ketones (excluding diaryl/α,β-unsaturated/α-hetero) is 1. The first-order valence-corrected chi connectivity index (χ1v) is 9.82. The largest absolute Gasteiger partial charge is 0.478 e. The van der Waals surface area contributed by atoms with Crippen molar-refractivity contribution in [2.75, 3.05) is 5.32 Å². The average molecular weight is 401 g/mol. The number of nitrogens with one attached hydrogen (secondary N) is 2. The first kappa shape index (κ1) is 18.2. The number of carbonyl (C=O) groups is 2. The maximum atomic E-state index is 13.5. The molecule has 150 valence electrons. The zero-order valence-electron chi connectivity index (χ0n) is 16.0. The van der Waals surface area contributed by atoms with Gasteiger partial charge in [0.1, 0.15) is 5.82 Å². The van der Waals surface area contributed by atoms with Crippen LogP contribution in [0.2, 0.25) is 0 Å². The van der Waals surface area contributed by atoms with E-state index in [1.54, 1.807) is 18.2 Å². The fourth-order valence-electron chi connectivity index (χ4n) is 4.45. The van der Waals surface area contributed by atoms with Crippen LogP contribution >= 0.6 is 0 Å². The van der Waals surface area contributed by atoms with Crippen LogP contribution in [0, 0.1) is 0 Å². The van der Waals surface area contributed by atoms with Crippen molar-refractivity contribution in [3.63, 3.8) is 0 Å². The van der Waals surface area contributed by atoms with Crippen LogP contribution in [-0.2, 0) is 4.79 Å². The summed E-state index contributed by atoms with van der Waals surface area (Å²) in [5.74, 6) is -1.37. The van der Waals surface area contributed by atoms with Gasteiger partial charge in [0.25, 0.3) is 5.56 Å². The molecule has 0 radical (unpaired) electrons. The average Bonchev–Trinajstić information content (AvgIpc) is 3.09. The number of anilines is 1. The summed E-state index contributed by atoms with van der Waals surface area (Å²) in [5, 5.41) is 16.1. The molecule has 1 aliphatic carbocycles. The van der Waals surface area contributed by atoms with Crippen molar-refractivity contribution in [1.82, 2.24) is 9.78 Å². The van der Waals surface area contributed by atoms with Crippen molar-refractivity contribution < 1.29 is 14.7 Å². The molecular formula is C23H19N3O4. The van der Waals surface area contributed by atoms with Crippen molar-refractivity contribution >= 4 is 17.6 Å². The Morgan fingerprint density at radius 3 is 2.50 bits per heavy atom. The molecule has 3 N–H and O–H groups in total. The highest BCUT2D eigenvalue weighted by atomic mass is 16.4. The molecule has 30 heavy (non-hydrogen) atoms. The molecule has 5 rings (SSSR count). The predicted molar refractivity (Wildman–Crippen MR) is 111 cm³/mol. The second-order valence-corrected chi connectivity index (χ2v) is 7.50. The number of aromatic nitrogens is 2. The highest BCUT2D eigenvalue weighted by molar-refractivity contribution is 6.02. The zero-order valence-corrected chi connectivity index (χ0v) is 16.0. The topological polar surface area (TPSA) is 104 Å². The molecule has 0 amide bonds. The fraction of sp³-hybridized carbons (Fsp3) is 0.174. The standard InChI is InChI=1S/C23H19N3O4/c27-17-12-6-11-16-19(17)18(14-9-4-5-10-15(14)23(29)30)20-21(24-16)25-26(22(20)28)13-7-2-1-3-8-13/h1-5,7-10,18,24-25H,6,11-12H2,(H,29,30). The van der Waals surface area contributed by atoms with Crippen LogP contribution in [0.5, 0.6) is 0 Å². The third-order valence-corrected chi connectivity index (χ3v) is 5.75. The summed E-state index contributed by atoms with van der Waals surface area (Å²) in [6.07, 6.45) is 1.78. The van der Waals surface area contributed by atoms with Crippen LogP contribution in [0.4, 0.5) is 5.82 Å². The second kappa shape index (κ2) is 6.88. The van der Waals surface area contributed by atoms with Crippen LogP contribution in [0.1, 0.15) is 46.7 Å². The van der Waals surface area contributed by atoms with Gasteiger partial charge in [-0.2, -0.15) is 0 Å². The Bertz CT molecular complexity index is 1270. The number of benzene rings is 2. The van der Waals surface area contributed by atoms with E-state index in [0.29, 0.717) is 41.0 Å². The lowest BCUT2D eigenvalue weighted by molar-refractivity contribution is -0.116. The summed E-state index contributed by atoms with van der Waals surface area (Å²) in [6, 6.07) is 15.7. The number of rotatable bonds is 3. The van der Waals surface area contributed by atoms with Gasteiger partial charge in [0.2, 0.25) is 0 Å². The summed E-state index contributed by atoms with van der Waals surface area (Å²) >= 11 is 0. The molecule has 2 aliphatic rings. The van der Waals surface area contributed by atoms with E-state index in [1.807, 2.05) is 30.3 Å². The van der Waals surface area contributed by atoms with E-state index in [0.717, 1.165) is 12.1 Å². The molecule has 7 heteroatoms. The first-order chi connectivity index (χ1) is 14.6. The molecule has 1 atom stereocenters. The molecule has 0 bridgehead atoms. The van der Waals surface area contributed by atoms with Gasteiger partial charge >= 0.3 is 5.97 Å². The Labute approximate surface area is 171 Å². The lowest BCUT2D eigenvalue weighted by Crippen LogP contribution is -2.30. The van der Waals surface area contributed by atoms with E-state index in [4.69, 9.17) is 0 Å². The molecular weight excluding hydrogens is 382 g/mol. The minimum atomic E-state index is -1.09. The van der Waals surface area contributed by atoms with Crippen LogP contribution in [0.25, 0.3) is 5.69 Å². The summed E-state index contributed by atoms with van der Waals surface area (Å²) in [4.78, 5) is 38.3. The highest BCUT2D eigenvalue weighted by Gasteiger charge is 2.40. The van der Waals surface area contributed by atoms with Crippen molar-refractivity contribution in [2.24, 2.45) is 0 Å². The van der Waals surface area contributed by atoms with Gasteiger partial charge in [-0.25, -0.2) is 9.48 Å². The number of carboxylic acid groups (broad SMARTS) is 1. The van der Waals surface area contributed by atoms with Gasteiger partial charge in [-0.1, -0.05) is 36.4 Å². The number of carboxylic acids is 1. The maximum absolute atomic E-state index is 13.5. The molecule has 3 aromatic rings. The molecule has 7 nitrogen and oxygen atoms in total. The SMILES string of the molecule is O=C1CCCC2=C1C(c1ccccc1C(=O)O)c1c([nH]n(-c3ccccc3)c1=O)N2. The minimum absolute atomic E-state index is 0.0496. The molecule has 2 heterocycles. The summed E-state index contributed by atoms with van der Waals surface area (Å²) in [7, 11) is 0. The van der Waals surface area contributed by atoms with Gasteiger partial charge in [-0.15, -0.1) is 0 Å². The van der Waals surface area contributed by atoms with E-state index < -0.39 is 11.9 Å². The van der Waals surface area contributed by atoms with Gasteiger partial charge in [0, 0.05) is 23.6 Å². The number of hydrogen-bond acceptors (Lipinski definition) is 4. The highest BCUT2D eigenvalue weighted by Crippen LogP contribution is 2.44. The number of carbonyl (C=O) groups excluding carboxylic acids is 1. The number of aromatic carboxylic acids is 1. The van der Waals surface area contributed by atoms with Crippen LogP contribution in [0.3, 0.4) is 0 Å². The summed E-state index contributed by atoms with van der Waals surface area (Å²) in [5.41, 5.74) is 2.51. The van der Waals surface area contributed by atoms with Gasteiger partial charge in [-0.05, 0) is 36.6 Å². The molecule has 1 aromatic heterocycles. The number of nitrogens with zero attached hydrogens (tertiary/aromatic N) is 1. The molecule has 0 spiro atoms. The van der Waals surface area contributed by atoms with E-state index in [1.165, 1.54) is 10.7 Å². The summed E-state index contributed by atoms with van der Waals surface area (Å²) < 4.78 is 1.43. The van der Waals surface area contributed by atoms with Gasteiger partial charge in [-0.3, -0.25) is 14.7 Å². The normalized spacial score (nSPS) is 17.9. The van der Waals surface area contributed by atoms with Crippen LogP contribution in [0.15, 0.2) is 70.7 Å². The van der Waals surface area contributed by atoms with Crippen LogP contribution < -0.4 is 10.9 Å². The van der Waals surface area contributed by atoms with E-state index in [9.17, 15) is 19.5 Å². The summed E-state index contributed by atoms with van der Waals surface area (Å²) in [6.45, 7) is 0. The number of para-hydroxylation sites is 1. The number of ketones is 1. The third kappa shape index (κ3) is 2.70. The van der Waals surface area contributed by atoms with Gasteiger partial charge < -0.3 is 10.4 Å². The molecule has 1 aliphatic heterocycles. The molecule has 1 unspecified atom stereocenters. The Hall–Kier alpha value is -3.87. The predicted octanol–water partition coefficient (Wildman–Crippen LogP) is 3.43. The van der Waals surface area contributed by atoms with E-state index in [2.05, 4.69) is 10.4 Å². The molecule has 0 saturated heterocycles. The van der Waals surface area contributed by atoms with Crippen molar-refractivity contribution in [3.05, 3.63) is 92.9 Å². The van der Waals surface area contributed by atoms with E-state index >= 15 is 0 Å². The molecule has 0 saturated carbocycles. The third-order valence-electron chi connectivity index (χ3n) is 5.75. The Morgan fingerprint density at radius 1 is 1.00 bits per heavy atom. The number of fused-ring (bicyclic) bond motifs is 1. The van der Waals surface area contributed by atoms with Crippen LogP contribution in [-0.4, -0.2) is 26.6 Å². The molecule has 0 fully saturated rings. The quantitative estimate of drug-likeness (QED) is 0.624. The smallest absolute Gasteiger partial charge is 0.335 e. The first-order valence-electron chi connectivity index (χ1n) is 9.82. The van der Waals surface area contributed by atoms with E-state index in [-0.39, 0.29) is 16.9 Å².